The zero-order valence-electron chi connectivity index (χ0n) is 15.7. The number of sulfonamides is 1. The van der Waals surface area contributed by atoms with Crippen LogP contribution in [0.2, 0.25) is 0 Å². The van der Waals surface area contributed by atoms with Gasteiger partial charge in [0.1, 0.15) is 5.75 Å². The van der Waals surface area contributed by atoms with Crippen LogP contribution >= 0.6 is 0 Å². The number of para-hydroxylation sites is 1. The molecule has 0 aliphatic carbocycles. The van der Waals surface area contributed by atoms with Crippen LogP contribution in [0.1, 0.15) is 15.9 Å². The summed E-state index contributed by atoms with van der Waals surface area (Å²) in [5.41, 5.74) is 1.17. The molecule has 2 aliphatic rings. The van der Waals surface area contributed by atoms with Gasteiger partial charge in [-0.2, -0.15) is 0 Å². The highest BCUT2D eigenvalue weighted by Gasteiger charge is 2.41. The molecule has 0 fully saturated rings. The number of rotatable bonds is 3. The van der Waals surface area contributed by atoms with Gasteiger partial charge in [0.15, 0.2) is 11.9 Å². The average molecular weight is 411 g/mol. The van der Waals surface area contributed by atoms with E-state index in [0.717, 1.165) is 16.1 Å². The molecule has 8 heteroatoms. The van der Waals surface area contributed by atoms with Gasteiger partial charge < -0.3 is 9.47 Å². The lowest BCUT2D eigenvalue weighted by Gasteiger charge is -2.33. The van der Waals surface area contributed by atoms with E-state index in [-0.39, 0.29) is 16.0 Å². The number of esters is 1. The van der Waals surface area contributed by atoms with Gasteiger partial charge in [-0.05, 0) is 31.2 Å². The lowest BCUT2D eigenvalue weighted by molar-refractivity contribution is -0.137. The second-order valence-electron chi connectivity index (χ2n) is 6.63. The minimum absolute atomic E-state index is 0.0310. The van der Waals surface area contributed by atoms with E-state index in [2.05, 4.69) is 0 Å². The number of nitrogens with zero attached hydrogens (tertiary/aromatic N) is 1. The highest BCUT2D eigenvalue weighted by atomic mass is 32.2. The SMILES string of the molecule is COC(=O)C1=CN(S(=O)(=O)c2ccc(C)cc2)C=C2C(=O)c3ccccc3OC12. The summed E-state index contributed by atoms with van der Waals surface area (Å²) >= 11 is 0. The van der Waals surface area contributed by atoms with Crippen molar-refractivity contribution in [3.8, 4) is 5.75 Å². The third-order valence-electron chi connectivity index (χ3n) is 4.75. The van der Waals surface area contributed by atoms with Gasteiger partial charge in [-0.25, -0.2) is 17.5 Å². The van der Waals surface area contributed by atoms with Crippen molar-refractivity contribution in [2.24, 2.45) is 0 Å². The Kier molecular flexibility index (Phi) is 4.50. The lowest BCUT2D eigenvalue weighted by atomic mass is 9.90. The molecule has 0 amide bonds. The molecule has 0 saturated carbocycles. The summed E-state index contributed by atoms with van der Waals surface area (Å²) in [6, 6.07) is 12.9. The fourth-order valence-electron chi connectivity index (χ4n) is 3.21. The second-order valence-corrected chi connectivity index (χ2v) is 8.47. The van der Waals surface area contributed by atoms with Crippen LogP contribution in [0.5, 0.6) is 5.75 Å². The van der Waals surface area contributed by atoms with Crippen molar-refractivity contribution in [1.82, 2.24) is 4.31 Å². The molecule has 1 unspecified atom stereocenters. The van der Waals surface area contributed by atoms with Crippen molar-refractivity contribution in [3.05, 3.63) is 83.2 Å². The maximum absolute atomic E-state index is 13.1. The van der Waals surface area contributed by atoms with Gasteiger partial charge in [0.05, 0.1) is 28.7 Å². The first kappa shape index (κ1) is 18.9. The Morgan fingerprint density at radius 3 is 2.45 bits per heavy atom. The molecule has 0 spiro atoms. The number of Topliss-reactive ketones (excluding diaryl/α,β-unsaturated/α-hetero) is 1. The second kappa shape index (κ2) is 6.89. The smallest absolute Gasteiger partial charge is 0.339 e. The van der Waals surface area contributed by atoms with E-state index < -0.39 is 27.9 Å². The molecule has 2 aromatic rings. The van der Waals surface area contributed by atoms with Crippen LogP contribution in [0, 0.1) is 6.92 Å². The van der Waals surface area contributed by atoms with E-state index >= 15 is 0 Å². The van der Waals surface area contributed by atoms with Crippen LogP contribution in [0.25, 0.3) is 0 Å². The minimum Gasteiger partial charge on any atom is -0.480 e. The topological polar surface area (TPSA) is 90.0 Å². The number of aryl methyl sites for hydroxylation is 1. The predicted molar refractivity (Wildman–Crippen MR) is 104 cm³/mol. The van der Waals surface area contributed by atoms with Crippen molar-refractivity contribution in [1.29, 1.82) is 0 Å². The van der Waals surface area contributed by atoms with Gasteiger partial charge in [0.2, 0.25) is 0 Å². The van der Waals surface area contributed by atoms with E-state index in [0.29, 0.717) is 11.3 Å². The van der Waals surface area contributed by atoms with Crippen LogP contribution < -0.4 is 4.74 Å². The molecule has 7 nitrogen and oxygen atoms in total. The van der Waals surface area contributed by atoms with E-state index in [9.17, 15) is 18.0 Å². The molecule has 2 aromatic carbocycles. The molecule has 0 bridgehead atoms. The molecule has 4 rings (SSSR count). The Morgan fingerprint density at radius 1 is 1.07 bits per heavy atom. The summed E-state index contributed by atoms with van der Waals surface area (Å²) in [5.74, 6) is -0.864. The molecule has 2 heterocycles. The molecule has 29 heavy (non-hydrogen) atoms. The normalized spacial score (nSPS) is 18.1. The molecular formula is C21H17NO6S. The number of hydrogen-bond acceptors (Lipinski definition) is 6. The highest BCUT2D eigenvalue weighted by Crippen LogP contribution is 2.37. The number of ether oxygens (including phenoxy) is 2. The Labute approximate surface area is 167 Å². The number of fused-ring (bicyclic) bond motifs is 2. The van der Waals surface area contributed by atoms with Gasteiger partial charge in [-0.15, -0.1) is 0 Å². The molecular weight excluding hydrogens is 394 g/mol. The Bertz CT molecular complexity index is 1180. The van der Waals surface area contributed by atoms with Crippen molar-refractivity contribution < 1.29 is 27.5 Å². The number of methoxy groups -OCH3 is 1. The third-order valence-corrected chi connectivity index (χ3v) is 6.39. The average Bonchev–Trinajstić information content (AvgIpc) is 2.73. The first-order valence-electron chi connectivity index (χ1n) is 8.75. The largest absolute Gasteiger partial charge is 0.480 e. The van der Waals surface area contributed by atoms with Crippen molar-refractivity contribution in [2.45, 2.75) is 17.9 Å². The zero-order chi connectivity index (χ0) is 20.8. The van der Waals surface area contributed by atoms with Crippen LogP contribution in [0.4, 0.5) is 0 Å². The van der Waals surface area contributed by atoms with Crippen LogP contribution in [0.3, 0.4) is 0 Å². The maximum atomic E-state index is 13.1. The standard InChI is InChI=1S/C21H17NO6S/c1-13-7-9-14(10-8-13)29(25,26)22-11-16-19(23)15-5-3-4-6-18(15)28-20(16)17(12-22)21(24)27-2/h3-12,20H,1-2H3. The summed E-state index contributed by atoms with van der Waals surface area (Å²) in [4.78, 5) is 25.4. The Balaban J connectivity index is 1.85. The highest BCUT2D eigenvalue weighted by molar-refractivity contribution is 7.89. The summed E-state index contributed by atoms with van der Waals surface area (Å²) in [6.07, 6.45) is 1.29. The van der Waals surface area contributed by atoms with E-state index in [4.69, 9.17) is 9.47 Å². The van der Waals surface area contributed by atoms with Crippen LogP contribution in [0.15, 0.2) is 77.0 Å². The quantitative estimate of drug-likeness (QED) is 0.721. The van der Waals surface area contributed by atoms with E-state index in [1.807, 2.05) is 6.92 Å². The number of carbonyl (C=O) groups excluding carboxylic acids is 2. The summed E-state index contributed by atoms with van der Waals surface area (Å²) < 4.78 is 37.7. The minimum atomic E-state index is -4.04. The first-order chi connectivity index (χ1) is 13.8. The van der Waals surface area contributed by atoms with E-state index in [1.54, 1.807) is 36.4 Å². The van der Waals surface area contributed by atoms with Crippen LogP contribution in [-0.2, 0) is 19.6 Å². The van der Waals surface area contributed by atoms with Crippen LogP contribution in [-0.4, -0.2) is 37.7 Å². The monoisotopic (exact) mass is 411 g/mol. The maximum Gasteiger partial charge on any atom is 0.339 e. The number of ketones is 1. The van der Waals surface area contributed by atoms with Crippen molar-refractivity contribution in [2.75, 3.05) is 7.11 Å². The van der Waals surface area contributed by atoms with Crippen molar-refractivity contribution >= 4 is 21.8 Å². The molecule has 2 aliphatic heterocycles. The molecule has 148 valence electrons. The Morgan fingerprint density at radius 2 is 1.76 bits per heavy atom. The van der Waals surface area contributed by atoms with E-state index in [1.165, 1.54) is 25.4 Å². The van der Waals surface area contributed by atoms with Gasteiger partial charge >= 0.3 is 5.97 Å². The summed E-state index contributed by atoms with van der Waals surface area (Å²) in [7, 11) is -2.86. The third kappa shape index (κ3) is 3.11. The van der Waals surface area contributed by atoms with Gasteiger partial charge in [0, 0.05) is 12.4 Å². The summed E-state index contributed by atoms with van der Waals surface area (Å²) in [6.45, 7) is 1.84. The van der Waals surface area contributed by atoms with Crippen molar-refractivity contribution in [3.63, 3.8) is 0 Å². The number of hydrogen-bond donors (Lipinski definition) is 0. The molecule has 0 N–H and O–H groups in total. The van der Waals surface area contributed by atoms with Gasteiger partial charge in [-0.3, -0.25) is 4.79 Å². The number of benzene rings is 2. The zero-order valence-corrected chi connectivity index (χ0v) is 16.5. The van der Waals surface area contributed by atoms with Gasteiger partial charge in [0.25, 0.3) is 10.0 Å². The lowest BCUT2D eigenvalue weighted by Crippen LogP contribution is -2.40. The molecule has 0 saturated heterocycles. The fourth-order valence-corrected chi connectivity index (χ4v) is 4.43. The predicted octanol–water partition coefficient (Wildman–Crippen LogP) is 2.58. The first-order valence-corrected chi connectivity index (χ1v) is 10.2. The molecule has 0 aromatic heterocycles. The molecule has 1 atom stereocenters. The fraction of sp³-hybridized carbons (Fsp3) is 0.143. The van der Waals surface area contributed by atoms with Gasteiger partial charge in [-0.1, -0.05) is 29.8 Å². The summed E-state index contributed by atoms with van der Waals surface area (Å²) in [5, 5.41) is 0. The Hall–Kier alpha value is -3.39. The number of carbonyl (C=O) groups is 2. The molecule has 0 radical (unpaired) electrons.